The predicted molar refractivity (Wildman–Crippen MR) is 109 cm³/mol. The fourth-order valence-electron chi connectivity index (χ4n) is 3.99. The molecule has 1 aliphatic heterocycles. The smallest absolute Gasteiger partial charge is 0.250 e. The quantitative estimate of drug-likeness (QED) is 0.597. The molecule has 5 rings (SSSR count). The molecular formula is C21H23FN6O3. The van der Waals surface area contributed by atoms with Gasteiger partial charge in [-0.15, -0.1) is 0 Å². The average Bonchev–Trinajstić information content (AvgIpc) is 3.40. The number of imidazole rings is 1. The van der Waals surface area contributed by atoms with E-state index < -0.39 is 5.82 Å². The highest BCUT2D eigenvalue weighted by Crippen LogP contribution is 2.33. The average molecular weight is 426 g/mol. The number of ether oxygens (including phenoxy) is 2. The maximum Gasteiger partial charge on any atom is 0.250 e. The van der Waals surface area contributed by atoms with Gasteiger partial charge in [-0.3, -0.25) is 4.79 Å². The third-order valence-corrected chi connectivity index (χ3v) is 5.74. The van der Waals surface area contributed by atoms with Gasteiger partial charge in [-0.2, -0.15) is 4.98 Å². The lowest BCUT2D eigenvalue weighted by Gasteiger charge is -2.16. The minimum atomic E-state index is -0.566. The van der Waals surface area contributed by atoms with Crippen LogP contribution in [0.3, 0.4) is 0 Å². The molecule has 31 heavy (non-hydrogen) atoms. The molecule has 1 amide bonds. The van der Waals surface area contributed by atoms with Gasteiger partial charge in [0.05, 0.1) is 13.7 Å². The van der Waals surface area contributed by atoms with E-state index >= 15 is 0 Å². The summed E-state index contributed by atoms with van der Waals surface area (Å²) in [5.41, 5.74) is 1.61. The van der Waals surface area contributed by atoms with Crippen molar-refractivity contribution in [1.29, 1.82) is 0 Å². The number of methoxy groups -OCH3 is 1. The second-order valence-electron chi connectivity index (χ2n) is 7.83. The Bertz CT molecular complexity index is 1150. The molecule has 3 aromatic heterocycles. The van der Waals surface area contributed by atoms with E-state index in [-0.39, 0.29) is 23.8 Å². The molecule has 2 aliphatic rings. The Balaban J connectivity index is 1.45. The standard InChI is InChI=1S/C21H23FN6O3/c1-3-28-17(13-8-15(22)19(30-2)23-9-13)26-16-18(28)24-11-25-20(16)31-14-6-7-27(10-14)21(29)12-4-5-12/h8-9,11-12,14H,3-7,10H2,1-2H3. The summed E-state index contributed by atoms with van der Waals surface area (Å²) in [4.78, 5) is 31.5. The molecule has 10 heteroatoms. The number of hydrogen-bond acceptors (Lipinski definition) is 7. The molecule has 0 radical (unpaired) electrons. The molecule has 4 heterocycles. The van der Waals surface area contributed by atoms with Crippen molar-refractivity contribution in [3.63, 3.8) is 0 Å². The number of fused-ring (bicyclic) bond motifs is 1. The summed E-state index contributed by atoms with van der Waals surface area (Å²) < 4.78 is 27.1. The van der Waals surface area contributed by atoms with E-state index in [2.05, 4.69) is 19.9 Å². The van der Waals surface area contributed by atoms with Crippen molar-refractivity contribution < 1.29 is 18.7 Å². The van der Waals surface area contributed by atoms with Crippen LogP contribution in [0, 0.1) is 11.7 Å². The zero-order valence-electron chi connectivity index (χ0n) is 17.4. The number of halogens is 1. The minimum absolute atomic E-state index is 0.0711. The van der Waals surface area contributed by atoms with Crippen LogP contribution in [0.25, 0.3) is 22.6 Å². The fourth-order valence-corrected chi connectivity index (χ4v) is 3.99. The van der Waals surface area contributed by atoms with Crippen LogP contribution < -0.4 is 9.47 Å². The van der Waals surface area contributed by atoms with Crippen molar-refractivity contribution in [2.45, 2.75) is 38.8 Å². The van der Waals surface area contributed by atoms with Gasteiger partial charge < -0.3 is 18.9 Å². The summed E-state index contributed by atoms with van der Waals surface area (Å²) in [6, 6.07) is 1.34. The van der Waals surface area contributed by atoms with Crippen molar-refractivity contribution in [2.75, 3.05) is 20.2 Å². The Morgan fingerprint density at radius 3 is 2.77 bits per heavy atom. The normalized spacial score (nSPS) is 18.5. The summed E-state index contributed by atoms with van der Waals surface area (Å²) in [5, 5.41) is 0. The summed E-state index contributed by atoms with van der Waals surface area (Å²) in [7, 11) is 1.37. The lowest BCUT2D eigenvalue weighted by Crippen LogP contribution is -2.32. The summed E-state index contributed by atoms with van der Waals surface area (Å²) in [6.07, 6.45) is 5.54. The number of carbonyl (C=O) groups is 1. The molecule has 9 nitrogen and oxygen atoms in total. The van der Waals surface area contributed by atoms with Gasteiger partial charge in [0.1, 0.15) is 18.3 Å². The first-order valence-electron chi connectivity index (χ1n) is 10.5. The van der Waals surface area contributed by atoms with E-state index in [0.29, 0.717) is 48.1 Å². The number of hydrogen-bond donors (Lipinski definition) is 0. The number of amides is 1. The maximum atomic E-state index is 14.2. The van der Waals surface area contributed by atoms with Crippen LogP contribution in [0.15, 0.2) is 18.6 Å². The Hall–Kier alpha value is -3.30. The van der Waals surface area contributed by atoms with Crippen molar-refractivity contribution in [3.8, 4) is 23.1 Å². The lowest BCUT2D eigenvalue weighted by molar-refractivity contribution is -0.131. The number of pyridine rings is 1. The van der Waals surface area contributed by atoms with Gasteiger partial charge in [-0.05, 0) is 25.8 Å². The molecule has 0 aromatic carbocycles. The summed E-state index contributed by atoms with van der Waals surface area (Å²) in [6.45, 7) is 3.78. The van der Waals surface area contributed by atoms with Crippen LogP contribution in [0.4, 0.5) is 4.39 Å². The Morgan fingerprint density at radius 2 is 2.06 bits per heavy atom. The Kier molecular flexibility index (Phi) is 4.91. The molecular weight excluding hydrogens is 403 g/mol. The number of likely N-dealkylation sites (tertiary alicyclic amines) is 1. The molecule has 162 valence electrons. The van der Waals surface area contributed by atoms with Gasteiger partial charge in [-0.25, -0.2) is 19.3 Å². The van der Waals surface area contributed by atoms with E-state index in [0.717, 1.165) is 19.3 Å². The van der Waals surface area contributed by atoms with Crippen molar-refractivity contribution in [2.24, 2.45) is 5.92 Å². The highest BCUT2D eigenvalue weighted by Gasteiger charge is 2.37. The second kappa shape index (κ2) is 7.75. The SMILES string of the molecule is CCn1c(-c2cnc(OC)c(F)c2)nc2c(OC3CCN(C(=O)C4CC4)C3)ncnc21. The Morgan fingerprint density at radius 1 is 1.23 bits per heavy atom. The van der Waals surface area contributed by atoms with Crippen LogP contribution in [0.5, 0.6) is 11.8 Å². The van der Waals surface area contributed by atoms with Crippen LogP contribution in [-0.4, -0.2) is 61.6 Å². The third kappa shape index (κ3) is 3.55. The van der Waals surface area contributed by atoms with E-state index in [1.165, 1.54) is 25.7 Å². The summed E-state index contributed by atoms with van der Waals surface area (Å²) >= 11 is 0. The Labute approximate surface area is 178 Å². The molecule has 1 aliphatic carbocycles. The molecule has 1 saturated carbocycles. The molecule has 0 bridgehead atoms. The first-order valence-corrected chi connectivity index (χ1v) is 10.5. The topological polar surface area (TPSA) is 95.3 Å². The monoisotopic (exact) mass is 426 g/mol. The number of carbonyl (C=O) groups excluding carboxylic acids is 1. The van der Waals surface area contributed by atoms with Gasteiger partial charge >= 0.3 is 0 Å². The first kappa shape index (κ1) is 19.7. The third-order valence-electron chi connectivity index (χ3n) is 5.74. The first-order chi connectivity index (χ1) is 15.1. The van der Waals surface area contributed by atoms with Gasteiger partial charge in [-0.1, -0.05) is 0 Å². The number of nitrogens with zero attached hydrogens (tertiary/aromatic N) is 6. The minimum Gasteiger partial charge on any atom is -0.479 e. The van der Waals surface area contributed by atoms with Gasteiger partial charge in [0, 0.05) is 37.2 Å². The van der Waals surface area contributed by atoms with Gasteiger partial charge in [0.25, 0.3) is 0 Å². The van der Waals surface area contributed by atoms with Crippen LogP contribution in [0.1, 0.15) is 26.2 Å². The van der Waals surface area contributed by atoms with Gasteiger partial charge in [0.2, 0.25) is 17.7 Å². The van der Waals surface area contributed by atoms with Crippen molar-refractivity contribution >= 4 is 17.1 Å². The number of rotatable bonds is 6. The highest BCUT2D eigenvalue weighted by molar-refractivity contribution is 5.82. The molecule has 2 fully saturated rings. The summed E-state index contributed by atoms with van der Waals surface area (Å²) in [5.74, 6) is 0.679. The zero-order valence-corrected chi connectivity index (χ0v) is 17.4. The zero-order chi connectivity index (χ0) is 21.5. The van der Waals surface area contributed by atoms with E-state index in [9.17, 15) is 9.18 Å². The predicted octanol–water partition coefficient (Wildman–Crippen LogP) is 2.45. The van der Waals surface area contributed by atoms with Crippen LogP contribution >= 0.6 is 0 Å². The van der Waals surface area contributed by atoms with Gasteiger partial charge in [0.15, 0.2) is 17.0 Å². The van der Waals surface area contributed by atoms with E-state index in [1.807, 2.05) is 16.4 Å². The molecule has 1 atom stereocenters. The molecule has 1 saturated heterocycles. The van der Waals surface area contributed by atoms with E-state index in [1.54, 1.807) is 0 Å². The largest absolute Gasteiger partial charge is 0.479 e. The molecule has 3 aromatic rings. The molecule has 0 N–H and O–H groups in total. The molecule has 1 unspecified atom stereocenters. The van der Waals surface area contributed by atoms with Crippen molar-refractivity contribution in [3.05, 3.63) is 24.4 Å². The molecule has 0 spiro atoms. The number of aromatic nitrogens is 5. The fraction of sp³-hybridized carbons (Fsp3) is 0.476. The number of aryl methyl sites for hydroxylation is 1. The van der Waals surface area contributed by atoms with Crippen LogP contribution in [0.2, 0.25) is 0 Å². The second-order valence-corrected chi connectivity index (χ2v) is 7.83. The van der Waals surface area contributed by atoms with Crippen molar-refractivity contribution in [1.82, 2.24) is 29.4 Å². The van der Waals surface area contributed by atoms with E-state index in [4.69, 9.17) is 9.47 Å². The highest BCUT2D eigenvalue weighted by atomic mass is 19.1. The maximum absolute atomic E-state index is 14.2. The van der Waals surface area contributed by atoms with Crippen LogP contribution in [-0.2, 0) is 11.3 Å². The lowest BCUT2D eigenvalue weighted by atomic mass is 10.2.